The lowest BCUT2D eigenvalue weighted by atomic mass is 10.1. The maximum Gasteiger partial charge on any atom is 0.190 e. The van der Waals surface area contributed by atoms with Gasteiger partial charge in [0.25, 0.3) is 0 Å². The Hall–Kier alpha value is -0.520. The number of rotatable bonds is 3. The van der Waals surface area contributed by atoms with Gasteiger partial charge in [-0.05, 0) is 19.1 Å². The highest BCUT2D eigenvalue weighted by atomic mass is 35.5. The van der Waals surface area contributed by atoms with E-state index in [4.69, 9.17) is 11.6 Å². The van der Waals surface area contributed by atoms with Crippen molar-refractivity contribution in [3.8, 4) is 0 Å². The van der Waals surface area contributed by atoms with Crippen molar-refractivity contribution >= 4 is 29.2 Å². The zero-order valence-corrected chi connectivity index (χ0v) is 12.0. The van der Waals surface area contributed by atoms with Crippen LogP contribution in [0.1, 0.15) is 25.7 Å². The molecule has 1 aliphatic heterocycles. The Balaban J connectivity index is 2.29. The van der Waals surface area contributed by atoms with E-state index in [2.05, 4.69) is 14.9 Å². The van der Waals surface area contributed by atoms with Gasteiger partial charge < -0.3 is 10.0 Å². The lowest BCUT2D eigenvalue weighted by Crippen LogP contribution is -2.38. The van der Waals surface area contributed by atoms with E-state index in [-0.39, 0.29) is 12.6 Å². The van der Waals surface area contributed by atoms with Gasteiger partial charge in [0, 0.05) is 12.6 Å². The van der Waals surface area contributed by atoms with Crippen molar-refractivity contribution in [2.45, 2.75) is 36.9 Å². The van der Waals surface area contributed by atoms with Gasteiger partial charge in [0.15, 0.2) is 5.16 Å². The molecule has 0 radical (unpaired) electrons. The first-order valence-corrected chi connectivity index (χ1v) is 7.81. The molecule has 1 unspecified atom stereocenters. The first kappa shape index (κ1) is 13.9. The smallest absolute Gasteiger partial charge is 0.190 e. The molecule has 1 aromatic rings. The van der Waals surface area contributed by atoms with E-state index < -0.39 is 0 Å². The normalized spacial score (nSPS) is 20.8. The topological polar surface area (TPSA) is 49.2 Å². The Morgan fingerprint density at radius 3 is 3.00 bits per heavy atom. The molecule has 0 bridgehead atoms. The predicted molar refractivity (Wildman–Crippen MR) is 75.5 cm³/mol. The summed E-state index contributed by atoms with van der Waals surface area (Å²) >= 11 is 7.51. The molecule has 1 aromatic heterocycles. The highest BCUT2D eigenvalue weighted by Gasteiger charge is 2.22. The number of nitrogens with zero attached hydrogens (tertiary/aromatic N) is 3. The van der Waals surface area contributed by atoms with E-state index in [1.165, 1.54) is 18.2 Å². The highest BCUT2D eigenvalue weighted by molar-refractivity contribution is 7.98. The summed E-state index contributed by atoms with van der Waals surface area (Å²) in [6.07, 6.45) is 6.44. The van der Waals surface area contributed by atoms with Gasteiger partial charge in [0.2, 0.25) is 0 Å². The minimum atomic E-state index is 0.146. The first-order chi connectivity index (χ1) is 8.74. The second-order valence-corrected chi connectivity index (χ2v) is 5.58. The van der Waals surface area contributed by atoms with Crippen molar-refractivity contribution in [2.24, 2.45) is 0 Å². The fourth-order valence-corrected chi connectivity index (χ4v) is 2.89. The van der Waals surface area contributed by atoms with Crippen LogP contribution in [0.2, 0.25) is 5.15 Å². The Morgan fingerprint density at radius 2 is 2.28 bits per heavy atom. The zero-order chi connectivity index (χ0) is 13.0. The van der Waals surface area contributed by atoms with Gasteiger partial charge in [-0.1, -0.05) is 36.2 Å². The average molecular weight is 288 g/mol. The number of aliphatic hydroxyl groups is 1. The van der Waals surface area contributed by atoms with Crippen LogP contribution in [0.25, 0.3) is 0 Å². The van der Waals surface area contributed by atoms with Gasteiger partial charge in [0.1, 0.15) is 11.0 Å². The van der Waals surface area contributed by atoms with E-state index >= 15 is 0 Å². The summed E-state index contributed by atoms with van der Waals surface area (Å²) in [5.74, 6) is 0.834. The molecule has 0 aliphatic carbocycles. The third-order valence-corrected chi connectivity index (χ3v) is 3.97. The van der Waals surface area contributed by atoms with Crippen molar-refractivity contribution in [2.75, 3.05) is 24.3 Å². The van der Waals surface area contributed by atoms with Crippen LogP contribution in [-0.2, 0) is 0 Å². The van der Waals surface area contributed by atoms with E-state index in [1.807, 2.05) is 6.26 Å². The van der Waals surface area contributed by atoms with Crippen LogP contribution in [0.15, 0.2) is 11.2 Å². The summed E-state index contributed by atoms with van der Waals surface area (Å²) in [6.45, 7) is 1.09. The number of thioether (sulfide) groups is 1. The van der Waals surface area contributed by atoms with Gasteiger partial charge in [-0.2, -0.15) is 0 Å². The summed E-state index contributed by atoms with van der Waals surface area (Å²) in [7, 11) is 0. The fraction of sp³-hybridized carbons (Fsp3) is 0.667. The molecule has 1 atom stereocenters. The van der Waals surface area contributed by atoms with E-state index in [9.17, 15) is 5.11 Å². The average Bonchev–Trinajstić information content (AvgIpc) is 2.62. The minimum Gasteiger partial charge on any atom is -0.394 e. The summed E-state index contributed by atoms with van der Waals surface area (Å²) in [6, 6.07) is 1.93. The summed E-state index contributed by atoms with van der Waals surface area (Å²) < 4.78 is 0. The van der Waals surface area contributed by atoms with Crippen molar-refractivity contribution < 1.29 is 5.11 Å². The molecule has 18 heavy (non-hydrogen) atoms. The van der Waals surface area contributed by atoms with Crippen molar-refractivity contribution in [1.29, 1.82) is 0 Å². The first-order valence-electron chi connectivity index (χ1n) is 6.20. The molecule has 0 spiro atoms. The Bertz CT molecular complexity index is 405. The molecule has 100 valence electrons. The van der Waals surface area contributed by atoms with Crippen LogP contribution < -0.4 is 4.90 Å². The number of aromatic nitrogens is 2. The molecule has 0 aromatic carbocycles. The van der Waals surface area contributed by atoms with Crippen LogP contribution >= 0.6 is 23.4 Å². The monoisotopic (exact) mass is 287 g/mol. The van der Waals surface area contributed by atoms with Crippen molar-refractivity contribution in [3.05, 3.63) is 11.2 Å². The molecule has 1 aliphatic rings. The van der Waals surface area contributed by atoms with Crippen LogP contribution in [0.3, 0.4) is 0 Å². The lowest BCUT2D eigenvalue weighted by Gasteiger charge is -2.29. The molecule has 0 amide bonds. The Morgan fingerprint density at radius 1 is 1.44 bits per heavy atom. The van der Waals surface area contributed by atoms with Gasteiger partial charge >= 0.3 is 0 Å². The molecule has 1 fully saturated rings. The fourth-order valence-electron chi connectivity index (χ4n) is 2.29. The second kappa shape index (κ2) is 6.59. The molecular formula is C12H18ClN3OS. The van der Waals surface area contributed by atoms with E-state index in [0.717, 1.165) is 31.6 Å². The number of aliphatic hydroxyl groups excluding tert-OH is 1. The summed E-state index contributed by atoms with van der Waals surface area (Å²) in [4.78, 5) is 10.8. The minimum absolute atomic E-state index is 0.146. The third-order valence-electron chi connectivity index (χ3n) is 3.23. The Kier molecular flexibility index (Phi) is 5.09. The number of anilines is 1. The molecule has 2 heterocycles. The number of hydrogen-bond acceptors (Lipinski definition) is 5. The molecule has 1 N–H and O–H groups in total. The summed E-state index contributed by atoms with van der Waals surface area (Å²) in [5.41, 5.74) is 0. The predicted octanol–water partition coefficient (Wildman–Crippen LogP) is 2.59. The van der Waals surface area contributed by atoms with E-state index in [0.29, 0.717) is 10.3 Å². The van der Waals surface area contributed by atoms with Crippen LogP contribution in [0.5, 0.6) is 0 Å². The van der Waals surface area contributed by atoms with Crippen LogP contribution in [0, 0.1) is 0 Å². The molecular weight excluding hydrogens is 270 g/mol. The standard InChI is InChI=1S/C12H18ClN3OS/c1-18-12-14-10(13)7-11(15-12)16-6-4-2-3-5-9(16)8-17/h7,9,17H,2-6,8H2,1H3. The molecule has 6 heteroatoms. The maximum atomic E-state index is 9.52. The van der Waals surface area contributed by atoms with Gasteiger partial charge in [0.05, 0.1) is 12.6 Å². The van der Waals surface area contributed by atoms with Gasteiger partial charge in [-0.3, -0.25) is 0 Å². The van der Waals surface area contributed by atoms with E-state index in [1.54, 1.807) is 6.07 Å². The SMILES string of the molecule is CSc1nc(Cl)cc(N2CCCCCC2CO)n1. The second-order valence-electron chi connectivity index (χ2n) is 4.41. The highest BCUT2D eigenvalue weighted by Crippen LogP contribution is 2.26. The van der Waals surface area contributed by atoms with Crippen molar-refractivity contribution in [3.63, 3.8) is 0 Å². The third kappa shape index (κ3) is 3.28. The lowest BCUT2D eigenvalue weighted by molar-refractivity contribution is 0.254. The number of halogens is 1. The molecule has 4 nitrogen and oxygen atoms in total. The van der Waals surface area contributed by atoms with Crippen LogP contribution in [0.4, 0.5) is 5.82 Å². The maximum absolute atomic E-state index is 9.52. The van der Waals surface area contributed by atoms with Gasteiger partial charge in [-0.15, -0.1) is 0 Å². The quantitative estimate of drug-likeness (QED) is 0.526. The summed E-state index contributed by atoms with van der Waals surface area (Å²) in [5, 5.41) is 10.7. The molecule has 1 saturated heterocycles. The molecule has 0 saturated carbocycles. The van der Waals surface area contributed by atoms with Crippen LogP contribution in [-0.4, -0.2) is 40.5 Å². The largest absolute Gasteiger partial charge is 0.394 e. The zero-order valence-electron chi connectivity index (χ0n) is 10.5. The van der Waals surface area contributed by atoms with Gasteiger partial charge in [-0.25, -0.2) is 9.97 Å². The number of hydrogen-bond donors (Lipinski definition) is 1. The Labute approximate surface area is 117 Å². The molecule has 2 rings (SSSR count). The van der Waals surface area contributed by atoms with Crippen molar-refractivity contribution in [1.82, 2.24) is 9.97 Å².